The molecule has 2 rings (SSSR count). The Morgan fingerprint density at radius 2 is 2.13 bits per heavy atom. The average molecular weight is 337 g/mol. The number of imidazole rings is 1. The molecule has 0 radical (unpaired) electrons. The van der Waals surface area contributed by atoms with Crippen LogP contribution in [0.3, 0.4) is 0 Å². The van der Waals surface area contributed by atoms with Crippen LogP contribution in [0.5, 0.6) is 0 Å². The van der Waals surface area contributed by atoms with Crippen molar-refractivity contribution in [3.63, 3.8) is 0 Å². The van der Waals surface area contributed by atoms with E-state index in [1.54, 1.807) is 29.4 Å². The van der Waals surface area contributed by atoms with Crippen LogP contribution < -0.4 is 4.72 Å². The van der Waals surface area contributed by atoms with Crippen molar-refractivity contribution in [1.82, 2.24) is 14.3 Å². The van der Waals surface area contributed by atoms with Crippen molar-refractivity contribution in [3.05, 3.63) is 48.0 Å². The molecule has 1 heterocycles. The lowest BCUT2D eigenvalue weighted by Gasteiger charge is -2.15. The van der Waals surface area contributed by atoms with Gasteiger partial charge >= 0.3 is 5.97 Å². The van der Waals surface area contributed by atoms with Gasteiger partial charge in [0.05, 0.1) is 16.8 Å². The highest BCUT2D eigenvalue weighted by molar-refractivity contribution is 7.89. The van der Waals surface area contributed by atoms with Gasteiger partial charge in [0, 0.05) is 25.5 Å². The summed E-state index contributed by atoms with van der Waals surface area (Å²) in [6, 6.07) is 4.18. The van der Waals surface area contributed by atoms with Crippen LogP contribution in [-0.2, 0) is 16.6 Å². The van der Waals surface area contributed by atoms with Gasteiger partial charge in [0.25, 0.3) is 0 Å². The van der Waals surface area contributed by atoms with Crippen molar-refractivity contribution in [2.75, 3.05) is 6.54 Å². The van der Waals surface area contributed by atoms with Gasteiger partial charge in [-0.25, -0.2) is 22.9 Å². The van der Waals surface area contributed by atoms with Gasteiger partial charge in [-0.3, -0.25) is 0 Å². The lowest BCUT2D eigenvalue weighted by atomic mass is 10.0. The topological polar surface area (TPSA) is 101 Å². The Hall–Kier alpha value is -2.19. The van der Waals surface area contributed by atoms with Gasteiger partial charge in [-0.05, 0) is 23.6 Å². The van der Waals surface area contributed by atoms with Gasteiger partial charge in [0.15, 0.2) is 0 Å². The second-order valence-electron chi connectivity index (χ2n) is 5.41. The molecule has 1 aromatic heterocycles. The molecular formula is C15H19N3O4S. The summed E-state index contributed by atoms with van der Waals surface area (Å²) < 4.78 is 29.3. The van der Waals surface area contributed by atoms with Gasteiger partial charge in [-0.2, -0.15) is 0 Å². The molecule has 2 N–H and O–H groups in total. The molecule has 124 valence electrons. The van der Waals surface area contributed by atoms with Crippen molar-refractivity contribution in [2.45, 2.75) is 31.2 Å². The molecule has 0 aliphatic rings. The Labute approximate surface area is 135 Å². The van der Waals surface area contributed by atoms with Crippen LogP contribution in [-0.4, -0.2) is 35.6 Å². The standard InChI is InChI=1S/C15H19N3O4S/c1-11(2)13-4-3-12(15(19)20)9-14(13)23(21,22)17-6-8-18-7-5-16-10-18/h3-5,7,9-11,17H,6,8H2,1-2H3,(H,19,20). The van der Waals surface area contributed by atoms with Crippen molar-refractivity contribution in [3.8, 4) is 0 Å². The van der Waals surface area contributed by atoms with Gasteiger partial charge in [0.1, 0.15) is 0 Å². The normalized spacial score (nSPS) is 11.8. The second-order valence-corrected chi connectivity index (χ2v) is 7.15. The molecule has 0 saturated heterocycles. The van der Waals surface area contributed by atoms with Crippen molar-refractivity contribution in [1.29, 1.82) is 0 Å². The SMILES string of the molecule is CC(C)c1ccc(C(=O)O)cc1S(=O)(=O)NCCn1ccnc1. The molecule has 0 saturated carbocycles. The number of sulfonamides is 1. The van der Waals surface area contributed by atoms with E-state index in [9.17, 15) is 13.2 Å². The zero-order valence-electron chi connectivity index (χ0n) is 12.9. The lowest BCUT2D eigenvalue weighted by molar-refractivity contribution is 0.0696. The molecule has 0 amide bonds. The van der Waals surface area contributed by atoms with E-state index in [1.165, 1.54) is 12.1 Å². The third kappa shape index (κ3) is 4.17. The smallest absolute Gasteiger partial charge is 0.335 e. The summed E-state index contributed by atoms with van der Waals surface area (Å²) in [6.07, 6.45) is 4.94. The first kappa shape index (κ1) is 17.2. The van der Waals surface area contributed by atoms with Crippen LogP contribution in [0.25, 0.3) is 0 Å². The second kappa shape index (κ2) is 6.93. The molecule has 0 spiro atoms. The summed E-state index contributed by atoms with van der Waals surface area (Å²) in [5, 5.41) is 9.08. The number of rotatable bonds is 7. The largest absolute Gasteiger partial charge is 0.478 e. The molecular weight excluding hydrogens is 318 g/mol. The summed E-state index contributed by atoms with van der Waals surface area (Å²) in [7, 11) is -3.79. The maximum absolute atomic E-state index is 12.5. The van der Waals surface area contributed by atoms with E-state index in [4.69, 9.17) is 5.11 Å². The monoisotopic (exact) mass is 337 g/mol. The predicted octanol–water partition coefficient (Wildman–Crippen LogP) is 1.68. The number of aromatic carboxylic acids is 1. The highest BCUT2D eigenvalue weighted by Gasteiger charge is 2.21. The Kier molecular flexibility index (Phi) is 5.17. The van der Waals surface area contributed by atoms with Gasteiger partial charge < -0.3 is 9.67 Å². The Morgan fingerprint density at radius 1 is 1.39 bits per heavy atom. The van der Waals surface area contributed by atoms with E-state index in [0.717, 1.165) is 0 Å². The Bertz CT molecular complexity index is 783. The van der Waals surface area contributed by atoms with Gasteiger partial charge in [-0.15, -0.1) is 0 Å². The predicted molar refractivity (Wildman–Crippen MR) is 84.9 cm³/mol. The molecule has 0 unspecified atom stereocenters. The van der Waals surface area contributed by atoms with Crippen molar-refractivity contribution < 1.29 is 18.3 Å². The van der Waals surface area contributed by atoms with Crippen LogP contribution in [0.2, 0.25) is 0 Å². The van der Waals surface area contributed by atoms with E-state index in [1.807, 2.05) is 13.8 Å². The number of hydrogen-bond donors (Lipinski definition) is 2. The molecule has 1 aromatic carbocycles. The fourth-order valence-electron chi connectivity index (χ4n) is 2.18. The van der Waals surface area contributed by atoms with Crippen LogP contribution in [0, 0.1) is 0 Å². The molecule has 0 bridgehead atoms. The molecule has 23 heavy (non-hydrogen) atoms. The lowest BCUT2D eigenvalue weighted by Crippen LogP contribution is -2.28. The summed E-state index contributed by atoms with van der Waals surface area (Å²) in [5.74, 6) is -1.20. The Balaban J connectivity index is 2.25. The fraction of sp³-hybridized carbons (Fsp3) is 0.333. The van der Waals surface area contributed by atoms with Crippen LogP contribution >= 0.6 is 0 Å². The fourth-order valence-corrected chi connectivity index (χ4v) is 3.59. The zero-order chi connectivity index (χ0) is 17.0. The first-order valence-corrected chi connectivity index (χ1v) is 8.62. The maximum atomic E-state index is 12.5. The first-order chi connectivity index (χ1) is 10.8. The molecule has 0 fully saturated rings. The number of nitrogens with one attached hydrogen (secondary N) is 1. The van der Waals surface area contributed by atoms with Gasteiger partial charge in [0.2, 0.25) is 10.0 Å². The average Bonchev–Trinajstić information content (AvgIpc) is 2.99. The number of carbonyl (C=O) groups is 1. The first-order valence-electron chi connectivity index (χ1n) is 7.14. The zero-order valence-corrected chi connectivity index (χ0v) is 13.7. The minimum atomic E-state index is -3.79. The quantitative estimate of drug-likeness (QED) is 0.800. The minimum Gasteiger partial charge on any atom is -0.478 e. The number of benzene rings is 1. The Morgan fingerprint density at radius 3 is 2.70 bits per heavy atom. The van der Waals surface area contributed by atoms with Crippen molar-refractivity contribution >= 4 is 16.0 Å². The molecule has 0 aliphatic carbocycles. The van der Waals surface area contributed by atoms with E-state index in [2.05, 4.69) is 9.71 Å². The van der Waals surface area contributed by atoms with E-state index in [-0.39, 0.29) is 22.9 Å². The number of carboxylic acid groups (broad SMARTS) is 1. The molecule has 0 aliphatic heterocycles. The van der Waals surface area contributed by atoms with Crippen molar-refractivity contribution in [2.24, 2.45) is 0 Å². The summed E-state index contributed by atoms with van der Waals surface area (Å²) in [6.45, 7) is 4.35. The number of aromatic nitrogens is 2. The van der Waals surface area contributed by atoms with Crippen LogP contribution in [0.1, 0.15) is 35.7 Å². The van der Waals surface area contributed by atoms with Crippen LogP contribution in [0.15, 0.2) is 41.8 Å². The van der Waals surface area contributed by atoms with E-state index < -0.39 is 16.0 Å². The number of hydrogen-bond acceptors (Lipinski definition) is 4. The molecule has 0 atom stereocenters. The maximum Gasteiger partial charge on any atom is 0.335 e. The highest BCUT2D eigenvalue weighted by atomic mass is 32.2. The molecule has 7 nitrogen and oxygen atoms in total. The number of carboxylic acids is 1. The summed E-state index contributed by atoms with van der Waals surface area (Å²) >= 11 is 0. The number of nitrogens with zero attached hydrogens (tertiary/aromatic N) is 2. The van der Waals surface area contributed by atoms with Gasteiger partial charge in [-0.1, -0.05) is 19.9 Å². The van der Waals surface area contributed by atoms with E-state index >= 15 is 0 Å². The minimum absolute atomic E-state index is 0.0121. The highest BCUT2D eigenvalue weighted by Crippen LogP contribution is 2.25. The van der Waals surface area contributed by atoms with Crippen LogP contribution in [0.4, 0.5) is 0 Å². The third-order valence-electron chi connectivity index (χ3n) is 3.39. The molecule has 8 heteroatoms. The summed E-state index contributed by atoms with van der Waals surface area (Å²) in [5.41, 5.74) is 0.537. The molecule has 2 aromatic rings. The summed E-state index contributed by atoms with van der Waals surface area (Å²) in [4.78, 5) is 15.0. The van der Waals surface area contributed by atoms with E-state index in [0.29, 0.717) is 12.1 Å². The third-order valence-corrected chi connectivity index (χ3v) is 4.91.